The summed E-state index contributed by atoms with van der Waals surface area (Å²) in [7, 11) is -3.34. The van der Waals surface area contributed by atoms with Crippen LogP contribution in [0.5, 0.6) is 0 Å². The van der Waals surface area contributed by atoms with Crippen molar-refractivity contribution >= 4 is 10.2 Å². The summed E-state index contributed by atoms with van der Waals surface area (Å²) >= 11 is 0. The first-order chi connectivity index (χ1) is 7.51. The maximum atomic E-state index is 11.8. The highest BCUT2D eigenvalue weighted by molar-refractivity contribution is 7.87. The molecular weight excluding hydrogens is 228 g/mol. The number of nitrogens with zero attached hydrogens (tertiary/aromatic N) is 1. The van der Waals surface area contributed by atoms with E-state index in [9.17, 15) is 13.5 Å². The second-order valence-corrected chi connectivity index (χ2v) is 6.04. The van der Waals surface area contributed by atoms with E-state index in [4.69, 9.17) is 0 Å². The Morgan fingerprint density at radius 2 is 2.12 bits per heavy atom. The Morgan fingerprint density at radius 1 is 1.44 bits per heavy atom. The van der Waals surface area contributed by atoms with Gasteiger partial charge in [0.25, 0.3) is 10.2 Å². The molecule has 16 heavy (non-hydrogen) atoms. The van der Waals surface area contributed by atoms with E-state index in [2.05, 4.69) is 4.72 Å². The summed E-state index contributed by atoms with van der Waals surface area (Å²) in [5, 5.41) is 9.69. The van der Waals surface area contributed by atoms with Crippen LogP contribution in [0, 0.1) is 5.92 Å². The van der Waals surface area contributed by atoms with Gasteiger partial charge < -0.3 is 5.11 Å². The fourth-order valence-electron chi connectivity index (χ4n) is 1.93. The fourth-order valence-corrected chi connectivity index (χ4v) is 3.31. The normalized spacial score (nSPS) is 28.2. The van der Waals surface area contributed by atoms with Crippen molar-refractivity contribution in [1.82, 2.24) is 9.03 Å². The molecule has 6 heteroatoms. The molecule has 2 unspecified atom stereocenters. The Hall–Kier alpha value is -0.170. The first-order valence-electron chi connectivity index (χ1n) is 5.94. The minimum absolute atomic E-state index is 0.0620. The van der Waals surface area contributed by atoms with E-state index >= 15 is 0 Å². The number of hydrogen-bond donors (Lipinski definition) is 2. The SMILES string of the molecule is CCCNS(=O)(=O)N1CCC(O)C(CC)C1. The highest BCUT2D eigenvalue weighted by Crippen LogP contribution is 2.21. The summed E-state index contributed by atoms with van der Waals surface area (Å²) in [6.07, 6.45) is 1.77. The Balaban J connectivity index is 2.60. The summed E-state index contributed by atoms with van der Waals surface area (Å²) in [5.74, 6) is 0.0620. The van der Waals surface area contributed by atoms with Crippen molar-refractivity contribution in [3.63, 3.8) is 0 Å². The van der Waals surface area contributed by atoms with Gasteiger partial charge in [-0.2, -0.15) is 12.7 Å². The molecule has 0 radical (unpaired) electrons. The first-order valence-corrected chi connectivity index (χ1v) is 7.38. The summed E-state index contributed by atoms with van der Waals surface area (Å²) < 4.78 is 27.7. The molecule has 1 rings (SSSR count). The molecule has 0 amide bonds. The van der Waals surface area contributed by atoms with Crippen molar-refractivity contribution in [3.05, 3.63) is 0 Å². The van der Waals surface area contributed by atoms with Crippen LogP contribution in [0.1, 0.15) is 33.1 Å². The summed E-state index contributed by atoms with van der Waals surface area (Å²) in [6.45, 7) is 5.21. The third kappa shape index (κ3) is 3.41. The third-order valence-corrected chi connectivity index (χ3v) is 4.64. The van der Waals surface area contributed by atoms with Crippen LogP contribution in [0.4, 0.5) is 0 Å². The maximum Gasteiger partial charge on any atom is 0.279 e. The molecule has 1 aliphatic rings. The highest BCUT2D eigenvalue weighted by atomic mass is 32.2. The molecule has 0 bridgehead atoms. The van der Waals surface area contributed by atoms with E-state index < -0.39 is 10.2 Å². The van der Waals surface area contributed by atoms with Crippen LogP contribution in [-0.2, 0) is 10.2 Å². The van der Waals surface area contributed by atoms with Gasteiger partial charge in [0.15, 0.2) is 0 Å². The van der Waals surface area contributed by atoms with Gasteiger partial charge in [0.2, 0.25) is 0 Å². The van der Waals surface area contributed by atoms with Crippen LogP contribution in [0.2, 0.25) is 0 Å². The average molecular weight is 250 g/mol. The van der Waals surface area contributed by atoms with E-state index in [0.29, 0.717) is 26.1 Å². The van der Waals surface area contributed by atoms with E-state index in [1.807, 2.05) is 13.8 Å². The number of aliphatic hydroxyl groups is 1. The van der Waals surface area contributed by atoms with E-state index in [0.717, 1.165) is 12.8 Å². The second kappa shape index (κ2) is 5.95. The molecule has 0 aromatic carbocycles. The van der Waals surface area contributed by atoms with Crippen LogP contribution in [0.25, 0.3) is 0 Å². The monoisotopic (exact) mass is 250 g/mol. The van der Waals surface area contributed by atoms with Gasteiger partial charge in [0, 0.05) is 19.6 Å². The lowest BCUT2D eigenvalue weighted by Gasteiger charge is -2.34. The quantitative estimate of drug-likeness (QED) is 0.738. The topological polar surface area (TPSA) is 69.6 Å². The Morgan fingerprint density at radius 3 is 2.69 bits per heavy atom. The predicted octanol–water partition coefficient (Wildman–Crippen LogP) is 0.324. The number of nitrogens with one attached hydrogen (secondary N) is 1. The molecule has 0 aromatic heterocycles. The molecule has 1 aliphatic heterocycles. The molecule has 1 heterocycles. The molecule has 96 valence electrons. The van der Waals surface area contributed by atoms with Gasteiger partial charge in [-0.15, -0.1) is 0 Å². The number of hydrogen-bond acceptors (Lipinski definition) is 3. The average Bonchev–Trinajstić information content (AvgIpc) is 2.27. The lowest BCUT2D eigenvalue weighted by Crippen LogP contribution is -2.49. The molecule has 5 nitrogen and oxygen atoms in total. The largest absolute Gasteiger partial charge is 0.393 e. The minimum atomic E-state index is -3.34. The van der Waals surface area contributed by atoms with Crippen LogP contribution >= 0.6 is 0 Å². The van der Waals surface area contributed by atoms with Crippen molar-refractivity contribution in [1.29, 1.82) is 0 Å². The highest BCUT2D eigenvalue weighted by Gasteiger charge is 2.32. The molecule has 2 N–H and O–H groups in total. The molecule has 0 aromatic rings. The van der Waals surface area contributed by atoms with E-state index in [-0.39, 0.29) is 12.0 Å². The van der Waals surface area contributed by atoms with Gasteiger partial charge in [-0.25, -0.2) is 4.72 Å². The fraction of sp³-hybridized carbons (Fsp3) is 1.00. The van der Waals surface area contributed by atoms with Crippen LogP contribution in [0.15, 0.2) is 0 Å². The number of piperidine rings is 1. The Kier molecular flexibility index (Phi) is 5.17. The molecule has 1 fully saturated rings. The van der Waals surface area contributed by atoms with Crippen LogP contribution < -0.4 is 4.72 Å². The Bertz CT molecular complexity index is 305. The lowest BCUT2D eigenvalue weighted by molar-refractivity contribution is 0.0517. The van der Waals surface area contributed by atoms with Crippen molar-refractivity contribution in [2.45, 2.75) is 39.2 Å². The lowest BCUT2D eigenvalue weighted by atomic mass is 9.94. The van der Waals surface area contributed by atoms with Gasteiger partial charge >= 0.3 is 0 Å². The van der Waals surface area contributed by atoms with Crippen LogP contribution in [-0.4, -0.2) is 43.6 Å². The molecular formula is C10H22N2O3S. The third-order valence-electron chi connectivity index (χ3n) is 3.06. The van der Waals surface area contributed by atoms with Gasteiger partial charge in [0.05, 0.1) is 6.10 Å². The Labute approximate surface area is 98.0 Å². The van der Waals surface area contributed by atoms with Gasteiger partial charge in [0.1, 0.15) is 0 Å². The maximum absolute atomic E-state index is 11.8. The van der Waals surface area contributed by atoms with E-state index in [1.165, 1.54) is 4.31 Å². The molecule has 0 spiro atoms. The second-order valence-electron chi connectivity index (χ2n) is 4.28. The van der Waals surface area contributed by atoms with Crippen molar-refractivity contribution in [2.75, 3.05) is 19.6 Å². The van der Waals surface area contributed by atoms with Crippen LogP contribution in [0.3, 0.4) is 0 Å². The van der Waals surface area contributed by atoms with Gasteiger partial charge in [-0.1, -0.05) is 13.8 Å². The van der Waals surface area contributed by atoms with E-state index in [1.54, 1.807) is 0 Å². The molecule has 2 atom stereocenters. The standard InChI is InChI=1S/C10H22N2O3S/c1-3-6-11-16(14,15)12-7-5-10(13)9(4-2)8-12/h9-11,13H,3-8H2,1-2H3. The zero-order chi connectivity index (χ0) is 12.2. The zero-order valence-electron chi connectivity index (χ0n) is 10.0. The van der Waals surface area contributed by atoms with Crippen molar-refractivity contribution in [2.24, 2.45) is 5.92 Å². The minimum Gasteiger partial charge on any atom is -0.393 e. The molecule has 0 saturated carbocycles. The van der Waals surface area contributed by atoms with Crippen molar-refractivity contribution in [3.8, 4) is 0 Å². The molecule has 0 aliphatic carbocycles. The zero-order valence-corrected chi connectivity index (χ0v) is 10.8. The van der Waals surface area contributed by atoms with Gasteiger partial charge in [-0.05, 0) is 25.2 Å². The summed E-state index contributed by atoms with van der Waals surface area (Å²) in [4.78, 5) is 0. The number of aliphatic hydroxyl groups excluding tert-OH is 1. The summed E-state index contributed by atoms with van der Waals surface area (Å²) in [6, 6.07) is 0. The summed E-state index contributed by atoms with van der Waals surface area (Å²) in [5.41, 5.74) is 0. The predicted molar refractivity (Wildman–Crippen MR) is 63.2 cm³/mol. The van der Waals surface area contributed by atoms with Crippen molar-refractivity contribution < 1.29 is 13.5 Å². The van der Waals surface area contributed by atoms with Gasteiger partial charge in [-0.3, -0.25) is 0 Å². The number of rotatable bonds is 5. The molecule has 1 saturated heterocycles. The first kappa shape index (κ1) is 13.9. The smallest absolute Gasteiger partial charge is 0.279 e.